The number of rotatable bonds is 3. The molecule has 0 heterocycles. The van der Waals surface area contributed by atoms with Gasteiger partial charge in [0, 0.05) is 16.7 Å². The van der Waals surface area contributed by atoms with E-state index >= 15 is 0 Å². The number of hydrogen-bond acceptors (Lipinski definition) is 3. The fourth-order valence-corrected chi connectivity index (χ4v) is 4.29. The molecule has 21 heavy (non-hydrogen) atoms. The van der Waals surface area contributed by atoms with Gasteiger partial charge < -0.3 is 5.32 Å². The second-order valence-corrected chi connectivity index (χ2v) is 8.78. The van der Waals surface area contributed by atoms with Crippen LogP contribution < -0.4 is 5.32 Å². The van der Waals surface area contributed by atoms with Crippen LogP contribution in [0.3, 0.4) is 0 Å². The minimum absolute atomic E-state index is 0.0471. The molecule has 0 radical (unpaired) electrons. The Morgan fingerprint density at radius 3 is 2.33 bits per heavy atom. The summed E-state index contributed by atoms with van der Waals surface area (Å²) in [5, 5.41) is 1.42. The maximum atomic E-state index is 13.7. The van der Waals surface area contributed by atoms with Crippen molar-refractivity contribution < 1.29 is 17.6 Å². The van der Waals surface area contributed by atoms with Crippen molar-refractivity contribution in [3.63, 3.8) is 0 Å². The monoisotopic (exact) mass is 373 g/mol. The molecule has 1 aliphatic rings. The van der Waals surface area contributed by atoms with Crippen molar-refractivity contribution in [1.29, 1.82) is 0 Å². The highest BCUT2D eigenvalue weighted by atomic mass is 35.7. The lowest BCUT2D eigenvalue weighted by atomic mass is 10.1. The van der Waals surface area contributed by atoms with Gasteiger partial charge in [0.25, 0.3) is 15.0 Å². The summed E-state index contributed by atoms with van der Waals surface area (Å²) in [4.78, 5) is 11.3. The van der Waals surface area contributed by atoms with Gasteiger partial charge in [0.05, 0.1) is 15.6 Å². The van der Waals surface area contributed by atoms with E-state index in [1.165, 1.54) is 0 Å². The van der Waals surface area contributed by atoms with Crippen LogP contribution in [0.4, 0.5) is 4.39 Å². The third-order valence-corrected chi connectivity index (χ3v) is 5.77. The van der Waals surface area contributed by atoms with Crippen molar-refractivity contribution in [3.8, 4) is 0 Å². The van der Waals surface area contributed by atoms with Gasteiger partial charge in [-0.2, -0.15) is 0 Å². The van der Waals surface area contributed by atoms with E-state index in [1.54, 1.807) is 0 Å². The molecule has 1 aromatic rings. The smallest absolute Gasteiger partial charge is 0.264 e. The van der Waals surface area contributed by atoms with Crippen molar-refractivity contribution in [3.05, 3.63) is 27.5 Å². The SMILES string of the molecule is CC1(C)CC1NC(=O)c1cc(F)c(Cl)c(S(=O)(=O)Cl)c1Cl. The second kappa shape index (κ2) is 5.26. The predicted octanol–water partition coefficient (Wildman–Crippen LogP) is 3.59. The number of hydrogen-bond donors (Lipinski definition) is 1. The Balaban J connectivity index is 2.46. The number of carbonyl (C=O) groups excluding carboxylic acids is 1. The van der Waals surface area contributed by atoms with Crippen LogP contribution in [0.25, 0.3) is 0 Å². The Bertz CT molecular complexity index is 734. The molecule has 1 aliphatic carbocycles. The Hall–Kier alpha value is -0.560. The van der Waals surface area contributed by atoms with Crippen LogP contribution in [-0.4, -0.2) is 20.4 Å². The molecule has 0 bridgehead atoms. The molecular formula is C12H11Cl3FNO3S. The standard InChI is InChI=1S/C12H11Cl3FNO3S/c1-12(2)4-7(12)17-11(18)5-3-6(16)9(14)10(8(5)13)21(15,19)20/h3,7H,4H2,1-2H3,(H,17,18). The maximum absolute atomic E-state index is 13.7. The van der Waals surface area contributed by atoms with Crippen molar-refractivity contribution in [1.82, 2.24) is 5.32 Å². The lowest BCUT2D eigenvalue weighted by molar-refractivity contribution is 0.0946. The van der Waals surface area contributed by atoms with Crippen LogP contribution in [0, 0.1) is 11.2 Å². The number of halogens is 4. The Kier molecular flexibility index (Phi) is 4.21. The van der Waals surface area contributed by atoms with Crippen LogP contribution in [0.2, 0.25) is 10.0 Å². The average Bonchev–Trinajstić information content (AvgIpc) is 2.89. The molecule has 1 amide bonds. The number of nitrogens with one attached hydrogen (secondary N) is 1. The van der Waals surface area contributed by atoms with Gasteiger partial charge in [-0.25, -0.2) is 12.8 Å². The summed E-state index contributed by atoms with van der Waals surface area (Å²) < 4.78 is 36.6. The zero-order valence-electron chi connectivity index (χ0n) is 11.0. The lowest BCUT2D eigenvalue weighted by Crippen LogP contribution is -2.29. The first-order valence-electron chi connectivity index (χ1n) is 5.88. The van der Waals surface area contributed by atoms with Gasteiger partial charge in [-0.3, -0.25) is 4.79 Å². The van der Waals surface area contributed by atoms with Gasteiger partial charge >= 0.3 is 0 Å². The minimum atomic E-state index is -4.39. The van der Waals surface area contributed by atoms with Crippen molar-refractivity contribution in [2.24, 2.45) is 5.41 Å². The van der Waals surface area contributed by atoms with Gasteiger partial charge in [0.2, 0.25) is 0 Å². The largest absolute Gasteiger partial charge is 0.349 e. The summed E-state index contributed by atoms with van der Waals surface area (Å²) in [6.45, 7) is 3.91. The molecule has 1 atom stereocenters. The quantitative estimate of drug-likeness (QED) is 0.649. The first-order valence-corrected chi connectivity index (χ1v) is 8.94. The van der Waals surface area contributed by atoms with Gasteiger partial charge in [0.1, 0.15) is 10.7 Å². The molecule has 0 spiro atoms. The highest BCUT2D eigenvalue weighted by Gasteiger charge is 2.46. The average molecular weight is 375 g/mol. The number of amides is 1. The molecule has 1 fully saturated rings. The van der Waals surface area contributed by atoms with Gasteiger partial charge in [-0.1, -0.05) is 37.0 Å². The predicted molar refractivity (Wildman–Crippen MR) is 79.1 cm³/mol. The topological polar surface area (TPSA) is 63.2 Å². The van der Waals surface area contributed by atoms with Crippen molar-refractivity contribution in [2.45, 2.75) is 31.2 Å². The fraction of sp³-hybridized carbons (Fsp3) is 0.417. The molecule has 0 aliphatic heterocycles. The Labute approximate surface area is 136 Å². The fourth-order valence-electron chi connectivity index (χ4n) is 1.91. The highest BCUT2D eigenvalue weighted by Crippen LogP contribution is 2.45. The van der Waals surface area contributed by atoms with Gasteiger partial charge in [-0.05, 0) is 17.9 Å². The van der Waals surface area contributed by atoms with Crippen LogP contribution in [0.1, 0.15) is 30.6 Å². The summed E-state index contributed by atoms with van der Waals surface area (Å²) in [5.41, 5.74) is -0.366. The van der Waals surface area contributed by atoms with Gasteiger partial charge in [0.15, 0.2) is 0 Å². The molecule has 116 valence electrons. The van der Waals surface area contributed by atoms with Crippen LogP contribution in [0.5, 0.6) is 0 Å². The van der Waals surface area contributed by atoms with Crippen LogP contribution in [0.15, 0.2) is 11.0 Å². The summed E-state index contributed by atoms with van der Waals surface area (Å²) in [6, 6.07) is 0.719. The van der Waals surface area contributed by atoms with E-state index in [9.17, 15) is 17.6 Å². The lowest BCUT2D eigenvalue weighted by Gasteiger charge is -2.11. The molecule has 1 aromatic carbocycles. The summed E-state index contributed by atoms with van der Waals surface area (Å²) in [5.74, 6) is -1.76. The van der Waals surface area contributed by atoms with Crippen molar-refractivity contribution >= 4 is 48.8 Å². The summed E-state index contributed by atoms with van der Waals surface area (Å²) >= 11 is 11.4. The third-order valence-electron chi connectivity index (χ3n) is 3.42. The highest BCUT2D eigenvalue weighted by molar-refractivity contribution is 8.14. The van der Waals surface area contributed by atoms with Gasteiger partial charge in [-0.15, -0.1) is 0 Å². The van der Waals surface area contributed by atoms with E-state index in [0.717, 1.165) is 12.5 Å². The Morgan fingerprint density at radius 2 is 1.90 bits per heavy atom. The molecule has 4 nitrogen and oxygen atoms in total. The van der Waals surface area contributed by atoms with E-state index in [4.69, 9.17) is 33.9 Å². The number of carbonyl (C=O) groups is 1. The minimum Gasteiger partial charge on any atom is -0.349 e. The molecule has 1 saturated carbocycles. The van der Waals surface area contributed by atoms with Crippen LogP contribution in [-0.2, 0) is 9.05 Å². The van der Waals surface area contributed by atoms with E-state index < -0.39 is 35.7 Å². The summed E-state index contributed by atoms with van der Waals surface area (Å²) in [7, 11) is 0.796. The Morgan fingerprint density at radius 1 is 1.38 bits per heavy atom. The maximum Gasteiger partial charge on any atom is 0.264 e. The molecule has 1 N–H and O–H groups in total. The van der Waals surface area contributed by atoms with E-state index in [0.29, 0.717) is 0 Å². The van der Waals surface area contributed by atoms with E-state index in [2.05, 4.69) is 5.32 Å². The normalized spacial score (nSPS) is 20.2. The molecular weight excluding hydrogens is 364 g/mol. The first-order chi connectivity index (χ1) is 9.45. The zero-order chi connectivity index (χ0) is 16.2. The molecule has 1 unspecified atom stereocenters. The second-order valence-electron chi connectivity index (χ2n) is 5.52. The molecule has 0 aromatic heterocycles. The molecule has 0 saturated heterocycles. The van der Waals surface area contributed by atoms with E-state index in [1.807, 2.05) is 13.8 Å². The van der Waals surface area contributed by atoms with Crippen molar-refractivity contribution in [2.75, 3.05) is 0 Å². The van der Waals surface area contributed by atoms with E-state index in [-0.39, 0.29) is 17.0 Å². The third kappa shape index (κ3) is 3.28. The molecule has 2 rings (SSSR count). The summed E-state index contributed by atoms with van der Waals surface area (Å²) in [6.07, 6.45) is 0.771. The number of benzene rings is 1. The zero-order valence-corrected chi connectivity index (χ0v) is 14.1. The van der Waals surface area contributed by atoms with Crippen LogP contribution >= 0.6 is 33.9 Å². The first kappa shape index (κ1) is 16.8. The molecule has 9 heteroatoms.